The Labute approximate surface area is 321 Å². The van der Waals surface area contributed by atoms with Crippen molar-refractivity contribution in [1.82, 2.24) is 24.9 Å². The number of amides is 4. The molecule has 10 nitrogen and oxygen atoms in total. The summed E-state index contributed by atoms with van der Waals surface area (Å²) in [5, 5.41) is 8.57. The van der Waals surface area contributed by atoms with Crippen LogP contribution >= 0.6 is 11.3 Å². The maximum absolute atomic E-state index is 16.4. The molecule has 284 valence electrons. The summed E-state index contributed by atoms with van der Waals surface area (Å²) in [7, 11) is 5.15. The van der Waals surface area contributed by atoms with E-state index in [0.29, 0.717) is 57.6 Å². The topological polar surface area (TPSA) is 108 Å². The first-order valence-electron chi connectivity index (χ1n) is 18.7. The van der Waals surface area contributed by atoms with Crippen molar-refractivity contribution in [2.75, 3.05) is 45.2 Å². The average molecular weight is 765 g/mol. The Morgan fingerprint density at radius 1 is 0.945 bits per heavy atom. The van der Waals surface area contributed by atoms with Crippen LogP contribution < -0.4 is 10.2 Å². The van der Waals surface area contributed by atoms with Crippen molar-refractivity contribution in [2.45, 2.75) is 50.9 Å². The molecule has 4 amide bonds. The molecule has 2 saturated heterocycles. The Balaban J connectivity index is 1.08. The second-order valence-electron chi connectivity index (χ2n) is 15.0. The van der Waals surface area contributed by atoms with Gasteiger partial charge in [-0.15, -0.1) is 11.3 Å². The number of piperidine rings is 2. The Bertz CT molecular complexity index is 2440. The van der Waals surface area contributed by atoms with Gasteiger partial charge in [0.25, 0.3) is 5.91 Å². The van der Waals surface area contributed by atoms with E-state index in [2.05, 4.69) is 16.3 Å². The first-order valence-corrected chi connectivity index (χ1v) is 19.5. The zero-order chi connectivity index (χ0) is 38.7. The maximum atomic E-state index is 16.4. The lowest BCUT2D eigenvalue weighted by atomic mass is 9.87. The zero-order valence-electron chi connectivity index (χ0n) is 31.2. The van der Waals surface area contributed by atoms with Crippen LogP contribution in [0.3, 0.4) is 0 Å². The van der Waals surface area contributed by atoms with Crippen molar-refractivity contribution >= 4 is 67.2 Å². The average Bonchev–Trinajstić information content (AvgIpc) is 3.77. The molecule has 8 rings (SSSR count). The summed E-state index contributed by atoms with van der Waals surface area (Å²) < 4.78 is 34.9. The molecule has 5 aromatic rings. The van der Waals surface area contributed by atoms with Gasteiger partial charge in [0.15, 0.2) is 0 Å². The fourth-order valence-electron chi connectivity index (χ4n) is 8.42. The van der Waals surface area contributed by atoms with Crippen LogP contribution in [-0.4, -0.2) is 83.5 Å². The predicted octanol–water partition coefficient (Wildman–Crippen LogP) is 6.97. The van der Waals surface area contributed by atoms with Gasteiger partial charge in [0, 0.05) is 82.6 Å². The van der Waals surface area contributed by atoms with Crippen molar-refractivity contribution in [3.8, 4) is 11.1 Å². The number of carbonyl (C=O) groups excluding carboxylic acids is 4. The van der Waals surface area contributed by atoms with Gasteiger partial charge >= 0.3 is 0 Å². The minimum absolute atomic E-state index is 0.0947. The normalized spacial score (nSPS) is 18.2. The lowest BCUT2D eigenvalue weighted by molar-refractivity contribution is -0.134. The highest BCUT2D eigenvalue weighted by Gasteiger charge is 2.33. The molecule has 13 heteroatoms. The number of fused-ring (bicyclic) bond motifs is 2. The standard InChI is InChI=1S/C42H42F2N6O4S/c1-23(51)50-16-6-7-26(22-50)30-20-31(32-21-35(42(54)47(2)3)55-40(32)37(30)44)27-11-10-25(19-33(27)43)24-14-17-49(18-15-24)34-9-5-8-28-38(46-48(4)39(28)34)29-12-13-36(52)45-41(29)53/h5,7-11,19-21,24,29H,6,12-18,22H2,1-4H3,(H,45,52,53). The summed E-state index contributed by atoms with van der Waals surface area (Å²) in [4.78, 5) is 55.5. The van der Waals surface area contributed by atoms with Crippen LogP contribution in [0.1, 0.15) is 77.4 Å². The second-order valence-corrected chi connectivity index (χ2v) is 16.0. The van der Waals surface area contributed by atoms with E-state index >= 15 is 8.78 Å². The van der Waals surface area contributed by atoms with Crippen LogP contribution in [-0.2, 0) is 21.4 Å². The molecule has 1 N–H and O–H groups in total. The SMILES string of the molecule is CC(=O)N1CCC=C(c2cc(-c3ccc(C4CCN(c5cccc6c(C7CCC(=O)NC7=O)nn(C)c56)CC4)cc3F)c3cc(C(=O)N(C)C)sc3c2F)C1. The van der Waals surface area contributed by atoms with Gasteiger partial charge in [-0.1, -0.05) is 30.3 Å². The number of carbonyl (C=O) groups is 4. The first-order chi connectivity index (χ1) is 26.4. The van der Waals surface area contributed by atoms with Crippen LogP contribution in [0.25, 0.3) is 37.7 Å². The van der Waals surface area contributed by atoms with Gasteiger partial charge in [0.1, 0.15) is 11.6 Å². The van der Waals surface area contributed by atoms with Crippen LogP contribution in [0, 0.1) is 11.6 Å². The Hall–Kier alpha value is -5.43. The third-order valence-corrected chi connectivity index (χ3v) is 12.5. The van der Waals surface area contributed by atoms with Gasteiger partial charge in [-0.25, -0.2) is 8.78 Å². The van der Waals surface area contributed by atoms with Crippen molar-refractivity contribution < 1.29 is 28.0 Å². The number of thiophene rings is 1. The fourth-order valence-corrected chi connectivity index (χ4v) is 9.56. The number of anilines is 1. The molecule has 0 radical (unpaired) electrons. The quantitative estimate of drug-likeness (QED) is 0.187. The molecule has 3 aliphatic heterocycles. The largest absolute Gasteiger partial charge is 0.370 e. The third kappa shape index (κ3) is 6.58. The van der Waals surface area contributed by atoms with E-state index in [-0.39, 0.29) is 47.2 Å². The number of nitrogens with one attached hydrogen (secondary N) is 1. The van der Waals surface area contributed by atoms with Crippen LogP contribution in [0.4, 0.5) is 14.5 Å². The number of nitrogens with zero attached hydrogens (tertiary/aromatic N) is 5. The van der Waals surface area contributed by atoms with Crippen molar-refractivity contribution in [1.29, 1.82) is 0 Å². The highest BCUT2D eigenvalue weighted by Crippen LogP contribution is 2.43. The van der Waals surface area contributed by atoms with E-state index in [1.165, 1.54) is 11.8 Å². The molecule has 0 aliphatic carbocycles. The summed E-state index contributed by atoms with van der Waals surface area (Å²) in [5.41, 5.74) is 5.31. The van der Waals surface area contributed by atoms with E-state index in [9.17, 15) is 19.2 Å². The van der Waals surface area contributed by atoms with Gasteiger partial charge in [-0.05, 0) is 72.6 Å². The molecule has 1 atom stereocenters. The number of rotatable bonds is 6. The zero-order valence-corrected chi connectivity index (χ0v) is 32.1. The van der Waals surface area contributed by atoms with E-state index < -0.39 is 17.6 Å². The van der Waals surface area contributed by atoms with Gasteiger partial charge in [-0.3, -0.25) is 29.2 Å². The maximum Gasteiger partial charge on any atom is 0.263 e. The molecule has 0 saturated carbocycles. The Morgan fingerprint density at radius 3 is 2.44 bits per heavy atom. The second kappa shape index (κ2) is 14.3. The summed E-state index contributed by atoms with van der Waals surface area (Å²) in [6.45, 7) is 3.77. The molecule has 5 heterocycles. The monoisotopic (exact) mass is 764 g/mol. The molecule has 3 aromatic carbocycles. The van der Waals surface area contributed by atoms with Crippen molar-refractivity contribution in [3.05, 3.63) is 87.9 Å². The number of imide groups is 1. The molecule has 1 unspecified atom stereocenters. The molecule has 55 heavy (non-hydrogen) atoms. The number of hydrogen-bond acceptors (Lipinski definition) is 7. The molecule has 0 spiro atoms. The summed E-state index contributed by atoms with van der Waals surface area (Å²) in [6, 6.07) is 14.7. The summed E-state index contributed by atoms with van der Waals surface area (Å²) in [6.07, 6.45) is 4.81. The number of hydrogen-bond donors (Lipinski definition) is 1. The highest BCUT2D eigenvalue weighted by molar-refractivity contribution is 7.21. The predicted molar refractivity (Wildman–Crippen MR) is 210 cm³/mol. The lowest BCUT2D eigenvalue weighted by Gasteiger charge is -2.34. The number of para-hydroxylation sites is 1. The van der Waals surface area contributed by atoms with Gasteiger partial charge in [0.05, 0.1) is 32.4 Å². The van der Waals surface area contributed by atoms with E-state index in [1.54, 1.807) is 43.3 Å². The van der Waals surface area contributed by atoms with E-state index in [0.717, 1.165) is 59.4 Å². The van der Waals surface area contributed by atoms with Crippen LogP contribution in [0.5, 0.6) is 0 Å². The Morgan fingerprint density at radius 2 is 1.73 bits per heavy atom. The number of aryl methyl sites for hydroxylation is 1. The van der Waals surface area contributed by atoms with Gasteiger partial charge in [-0.2, -0.15) is 5.10 Å². The first kappa shape index (κ1) is 36.5. The van der Waals surface area contributed by atoms with Gasteiger partial charge in [0.2, 0.25) is 17.7 Å². The molecular formula is C42H42F2N6O4S. The highest BCUT2D eigenvalue weighted by atomic mass is 32.1. The van der Waals surface area contributed by atoms with Crippen LogP contribution in [0.2, 0.25) is 0 Å². The molecule has 2 aromatic heterocycles. The van der Waals surface area contributed by atoms with Crippen molar-refractivity contribution in [2.24, 2.45) is 7.05 Å². The number of benzene rings is 3. The third-order valence-electron chi connectivity index (χ3n) is 11.3. The van der Waals surface area contributed by atoms with Crippen molar-refractivity contribution in [3.63, 3.8) is 0 Å². The van der Waals surface area contributed by atoms with E-state index in [4.69, 9.17) is 5.10 Å². The van der Waals surface area contributed by atoms with Crippen LogP contribution in [0.15, 0.2) is 54.6 Å². The smallest absolute Gasteiger partial charge is 0.263 e. The minimum atomic E-state index is -0.485. The summed E-state index contributed by atoms with van der Waals surface area (Å²) in [5.74, 6) is -2.19. The minimum Gasteiger partial charge on any atom is -0.370 e. The Kier molecular flexibility index (Phi) is 9.52. The fraction of sp³-hybridized carbons (Fsp3) is 0.357. The number of halogens is 2. The molecular weight excluding hydrogens is 723 g/mol. The molecule has 3 aliphatic rings. The van der Waals surface area contributed by atoms with E-state index in [1.807, 2.05) is 36.0 Å². The lowest BCUT2D eigenvalue weighted by Crippen LogP contribution is -2.39. The molecule has 0 bridgehead atoms. The van der Waals surface area contributed by atoms with Gasteiger partial charge < -0.3 is 14.7 Å². The summed E-state index contributed by atoms with van der Waals surface area (Å²) >= 11 is 1.06. The molecule has 2 fully saturated rings. The number of aromatic nitrogens is 2.